The number of amides is 3. The van der Waals surface area contributed by atoms with Crippen LogP contribution in [0.3, 0.4) is 0 Å². The molecule has 0 unspecified atom stereocenters. The van der Waals surface area contributed by atoms with Crippen molar-refractivity contribution in [1.82, 2.24) is 4.90 Å². The highest BCUT2D eigenvalue weighted by Crippen LogP contribution is 2.32. The van der Waals surface area contributed by atoms with Crippen LogP contribution in [-0.4, -0.2) is 28.5 Å². The molecule has 1 aliphatic rings. The van der Waals surface area contributed by atoms with Crippen LogP contribution < -0.4 is 5.32 Å². The van der Waals surface area contributed by atoms with Crippen LogP contribution in [0.1, 0.15) is 16.7 Å². The number of carbonyl (C=O) groups is 3. The zero-order chi connectivity index (χ0) is 19.6. The molecular formula is C20H17ClN2O3S. The predicted octanol–water partition coefficient (Wildman–Crippen LogP) is 4.63. The first-order valence-electron chi connectivity index (χ1n) is 8.21. The van der Waals surface area contributed by atoms with E-state index in [0.717, 1.165) is 27.8 Å². The lowest BCUT2D eigenvalue weighted by molar-refractivity contribution is -0.127. The van der Waals surface area contributed by atoms with E-state index < -0.39 is 17.1 Å². The Morgan fingerprint density at radius 1 is 1.15 bits per heavy atom. The average Bonchev–Trinajstić information content (AvgIpc) is 2.86. The van der Waals surface area contributed by atoms with Gasteiger partial charge in [-0.25, -0.2) is 0 Å². The van der Waals surface area contributed by atoms with Gasteiger partial charge in [-0.1, -0.05) is 29.8 Å². The Bertz CT molecular complexity index is 971. The summed E-state index contributed by atoms with van der Waals surface area (Å²) in [7, 11) is 0. The molecule has 0 saturated carbocycles. The first kappa shape index (κ1) is 19.2. The van der Waals surface area contributed by atoms with Crippen molar-refractivity contribution >= 4 is 52.2 Å². The van der Waals surface area contributed by atoms with Gasteiger partial charge in [0.25, 0.3) is 11.1 Å². The van der Waals surface area contributed by atoms with Gasteiger partial charge >= 0.3 is 0 Å². The van der Waals surface area contributed by atoms with Crippen molar-refractivity contribution in [2.75, 3.05) is 11.9 Å². The second-order valence-corrected chi connectivity index (χ2v) is 7.60. The monoisotopic (exact) mass is 400 g/mol. The Labute approximate surface area is 166 Å². The molecule has 0 spiro atoms. The molecule has 3 rings (SSSR count). The molecular weight excluding hydrogens is 384 g/mol. The quantitative estimate of drug-likeness (QED) is 0.759. The number of nitrogens with zero attached hydrogens (tertiary/aromatic N) is 1. The Kier molecular flexibility index (Phi) is 5.68. The van der Waals surface area contributed by atoms with Crippen LogP contribution in [0.5, 0.6) is 0 Å². The van der Waals surface area contributed by atoms with E-state index in [2.05, 4.69) is 5.32 Å². The molecule has 1 fully saturated rings. The summed E-state index contributed by atoms with van der Waals surface area (Å²) in [4.78, 5) is 38.1. The molecule has 1 N–H and O–H groups in total. The number of anilines is 1. The van der Waals surface area contributed by atoms with Gasteiger partial charge in [-0.05, 0) is 72.6 Å². The largest absolute Gasteiger partial charge is 0.325 e. The highest BCUT2D eigenvalue weighted by atomic mass is 35.5. The average molecular weight is 401 g/mol. The molecule has 3 amide bonds. The second kappa shape index (κ2) is 7.98. The third-order valence-electron chi connectivity index (χ3n) is 4.11. The lowest BCUT2D eigenvalue weighted by Gasteiger charge is -2.13. The summed E-state index contributed by atoms with van der Waals surface area (Å²) in [5.41, 5.74) is 3.51. The summed E-state index contributed by atoms with van der Waals surface area (Å²) in [5, 5.41) is 2.79. The number of thioether (sulfide) groups is 1. The fourth-order valence-corrected chi connectivity index (χ4v) is 3.58. The number of hydrogen-bond acceptors (Lipinski definition) is 4. The summed E-state index contributed by atoms with van der Waals surface area (Å²) >= 11 is 6.75. The van der Waals surface area contributed by atoms with E-state index in [4.69, 9.17) is 11.6 Å². The summed E-state index contributed by atoms with van der Waals surface area (Å²) in [6, 6.07) is 12.5. The molecule has 2 aromatic rings. The van der Waals surface area contributed by atoms with Crippen LogP contribution in [0.15, 0.2) is 47.4 Å². The highest BCUT2D eigenvalue weighted by molar-refractivity contribution is 8.18. The van der Waals surface area contributed by atoms with Gasteiger partial charge < -0.3 is 5.32 Å². The number of halogens is 1. The van der Waals surface area contributed by atoms with Gasteiger partial charge in [0.1, 0.15) is 6.54 Å². The van der Waals surface area contributed by atoms with Gasteiger partial charge in [-0.2, -0.15) is 0 Å². The lowest BCUT2D eigenvalue weighted by atomic mass is 10.1. The van der Waals surface area contributed by atoms with Crippen molar-refractivity contribution < 1.29 is 14.4 Å². The molecule has 2 aromatic carbocycles. The minimum atomic E-state index is -0.486. The van der Waals surface area contributed by atoms with Crippen LogP contribution in [0.25, 0.3) is 6.08 Å². The van der Waals surface area contributed by atoms with Crippen molar-refractivity contribution in [2.45, 2.75) is 13.8 Å². The lowest BCUT2D eigenvalue weighted by Crippen LogP contribution is -2.36. The number of imide groups is 1. The highest BCUT2D eigenvalue weighted by Gasteiger charge is 2.36. The maximum atomic E-state index is 12.5. The fraction of sp³-hybridized carbons (Fsp3) is 0.150. The summed E-state index contributed by atoms with van der Waals surface area (Å²) < 4.78 is 0. The maximum absolute atomic E-state index is 12.5. The summed E-state index contributed by atoms with van der Waals surface area (Å²) in [6.07, 6.45) is 1.60. The molecule has 5 nitrogen and oxygen atoms in total. The van der Waals surface area contributed by atoms with Gasteiger partial charge in [-0.3, -0.25) is 19.3 Å². The minimum absolute atomic E-state index is 0.265. The molecule has 27 heavy (non-hydrogen) atoms. The molecule has 7 heteroatoms. The van der Waals surface area contributed by atoms with E-state index in [1.54, 1.807) is 36.4 Å². The smallest absolute Gasteiger partial charge is 0.294 e. The van der Waals surface area contributed by atoms with E-state index in [1.807, 2.05) is 26.0 Å². The van der Waals surface area contributed by atoms with E-state index in [-0.39, 0.29) is 11.4 Å². The molecule has 0 bridgehead atoms. The van der Waals surface area contributed by atoms with Gasteiger partial charge in [0.15, 0.2) is 0 Å². The van der Waals surface area contributed by atoms with E-state index in [1.165, 1.54) is 0 Å². The Balaban J connectivity index is 1.69. The first-order chi connectivity index (χ1) is 12.8. The molecule has 0 aromatic heterocycles. The zero-order valence-electron chi connectivity index (χ0n) is 14.8. The molecule has 0 aliphatic carbocycles. The summed E-state index contributed by atoms with van der Waals surface area (Å²) in [5.74, 6) is -0.912. The topological polar surface area (TPSA) is 66.5 Å². The predicted molar refractivity (Wildman–Crippen MR) is 109 cm³/mol. The van der Waals surface area contributed by atoms with Gasteiger partial charge in [-0.15, -0.1) is 0 Å². The van der Waals surface area contributed by atoms with Crippen LogP contribution in [-0.2, 0) is 9.59 Å². The number of nitrogens with one attached hydrogen (secondary N) is 1. The van der Waals surface area contributed by atoms with Crippen molar-refractivity contribution in [2.24, 2.45) is 0 Å². The number of aryl methyl sites for hydroxylation is 2. The van der Waals surface area contributed by atoms with Crippen LogP contribution >= 0.6 is 23.4 Å². The third kappa shape index (κ3) is 4.59. The number of hydrogen-bond donors (Lipinski definition) is 1. The first-order valence-corrected chi connectivity index (χ1v) is 9.41. The molecule has 1 heterocycles. The standard InChI is InChI=1S/C20H17ClN2O3S/c1-12-6-7-16(8-13(12)2)22-18(24)11-23-19(25)17(27-20(23)26)10-14-4-3-5-15(21)9-14/h3-10H,11H2,1-2H3,(H,22,24)/b17-10+. The van der Waals surface area contributed by atoms with E-state index in [9.17, 15) is 14.4 Å². The fourth-order valence-electron chi connectivity index (χ4n) is 2.55. The Morgan fingerprint density at radius 2 is 1.93 bits per heavy atom. The molecule has 1 aliphatic heterocycles. The molecule has 0 radical (unpaired) electrons. The maximum Gasteiger partial charge on any atom is 0.294 e. The van der Waals surface area contributed by atoms with Gasteiger partial charge in [0.05, 0.1) is 4.91 Å². The van der Waals surface area contributed by atoms with Crippen molar-refractivity contribution in [3.8, 4) is 0 Å². The molecule has 0 atom stereocenters. The second-order valence-electron chi connectivity index (χ2n) is 6.17. The SMILES string of the molecule is Cc1ccc(NC(=O)CN2C(=O)S/C(=C/c3cccc(Cl)c3)C2=O)cc1C. The Hall–Kier alpha value is -2.57. The van der Waals surface area contributed by atoms with Crippen LogP contribution in [0, 0.1) is 13.8 Å². The van der Waals surface area contributed by atoms with Crippen LogP contribution in [0.2, 0.25) is 5.02 Å². The van der Waals surface area contributed by atoms with E-state index >= 15 is 0 Å². The summed E-state index contributed by atoms with van der Waals surface area (Å²) in [6.45, 7) is 3.60. The van der Waals surface area contributed by atoms with Crippen molar-refractivity contribution in [1.29, 1.82) is 0 Å². The normalized spacial score (nSPS) is 15.5. The number of carbonyl (C=O) groups excluding carboxylic acids is 3. The van der Waals surface area contributed by atoms with E-state index in [0.29, 0.717) is 16.3 Å². The van der Waals surface area contributed by atoms with Crippen molar-refractivity contribution in [3.05, 3.63) is 69.1 Å². The molecule has 1 saturated heterocycles. The van der Waals surface area contributed by atoms with Crippen molar-refractivity contribution in [3.63, 3.8) is 0 Å². The van der Waals surface area contributed by atoms with Gasteiger partial charge in [0.2, 0.25) is 5.91 Å². The van der Waals surface area contributed by atoms with Crippen LogP contribution in [0.4, 0.5) is 10.5 Å². The molecule has 138 valence electrons. The number of rotatable bonds is 4. The zero-order valence-corrected chi connectivity index (χ0v) is 16.4. The third-order valence-corrected chi connectivity index (χ3v) is 5.25. The Morgan fingerprint density at radius 3 is 2.63 bits per heavy atom. The minimum Gasteiger partial charge on any atom is -0.325 e. The van der Waals surface area contributed by atoms with Gasteiger partial charge in [0, 0.05) is 10.7 Å². The number of benzene rings is 2.